The quantitative estimate of drug-likeness (QED) is 0.174. The number of carbonyl (C=O) groups is 1. The third-order valence-electron chi connectivity index (χ3n) is 4.75. The van der Waals surface area contributed by atoms with Gasteiger partial charge in [0, 0.05) is 23.0 Å². The zero-order valence-electron chi connectivity index (χ0n) is 16.7. The SMILES string of the molecule is COC(=O)/C(=C/c1nn(-c2ccccc2)c(-c2ccc(Cl)cc2)c1I)Cn1cccc1. The van der Waals surface area contributed by atoms with Crippen molar-refractivity contribution in [3.63, 3.8) is 0 Å². The van der Waals surface area contributed by atoms with Crippen molar-refractivity contribution in [1.29, 1.82) is 0 Å². The molecule has 0 bridgehead atoms. The van der Waals surface area contributed by atoms with Crippen molar-refractivity contribution in [3.8, 4) is 16.9 Å². The number of methoxy groups -OCH3 is 1. The largest absolute Gasteiger partial charge is 0.466 e. The Labute approximate surface area is 199 Å². The number of carbonyl (C=O) groups excluding carboxylic acids is 1. The third kappa shape index (κ3) is 4.75. The van der Waals surface area contributed by atoms with Gasteiger partial charge in [0.2, 0.25) is 0 Å². The minimum atomic E-state index is -0.383. The molecule has 0 saturated heterocycles. The summed E-state index contributed by atoms with van der Waals surface area (Å²) in [5.41, 5.74) is 4.05. The van der Waals surface area contributed by atoms with Gasteiger partial charge in [0.05, 0.1) is 34.2 Å². The van der Waals surface area contributed by atoms with Gasteiger partial charge in [-0.15, -0.1) is 0 Å². The highest BCUT2D eigenvalue weighted by Gasteiger charge is 2.20. The second-order valence-corrected chi connectivity index (χ2v) is 8.33. The van der Waals surface area contributed by atoms with Crippen molar-refractivity contribution in [1.82, 2.24) is 14.3 Å². The number of esters is 1. The number of halogens is 2. The highest BCUT2D eigenvalue weighted by molar-refractivity contribution is 14.1. The van der Waals surface area contributed by atoms with E-state index in [2.05, 4.69) is 22.6 Å². The van der Waals surface area contributed by atoms with Gasteiger partial charge >= 0.3 is 5.97 Å². The molecule has 0 N–H and O–H groups in total. The molecule has 2 aromatic carbocycles. The molecule has 0 amide bonds. The van der Waals surface area contributed by atoms with Crippen LogP contribution in [-0.2, 0) is 16.1 Å². The van der Waals surface area contributed by atoms with Gasteiger partial charge in [-0.25, -0.2) is 9.48 Å². The molecule has 0 radical (unpaired) electrons. The molecule has 31 heavy (non-hydrogen) atoms. The number of hydrogen-bond donors (Lipinski definition) is 0. The molecule has 0 unspecified atom stereocenters. The molecule has 0 aliphatic carbocycles. The van der Waals surface area contributed by atoms with E-state index in [-0.39, 0.29) is 5.97 Å². The lowest BCUT2D eigenvalue weighted by atomic mass is 10.1. The summed E-state index contributed by atoms with van der Waals surface area (Å²) in [6, 6.07) is 21.4. The van der Waals surface area contributed by atoms with Crippen LogP contribution in [0.4, 0.5) is 0 Å². The van der Waals surface area contributed by atoms with Crippen LogP contribution in [0, 0.1) is 3.57 Å². The molecule has 0 saturated carbocycles. The standard InChI is InChI=1S/C24H19ClIN3O2/c1-31-24(30)18(16-28-13-5-6-14-28)15-21-22(26)23(17-9-11-19(25)12-10-17)29(27-21)20-7-3-2-4-8-20/h2-15H,16H2,1H3/b18-15+. The van der Waals surface area contributed by atoms with E-state index in [1.165, 1.54) is 7.11 Å². The zero-order chi connectivity index (χ0) is 21.8. The summed E-state index contributed by atoms with van der Waals surface area (Å²) < 4.78 is 9.76. The molecule has 7 heteroatoms. The lowest BCUT2D eigenvalue weighted by molar-refractivity contribution is -0.136. The predicted octanol–water partition coefficient (Wildman–Crippen LogP) is 5.86. The predicted molar refractivity (Wildman–Crippen MR) is 131 cm³/mol. The lowest BCUT2D eigenvalue weighted by Crippen LogP contribution is -2.11. The lowest BCUT2D eigenvalue weighted by Gasteiger charge is -2.08. The van der Waals surface area contributed by atoms with Crippen molar-refractivity contribution >= 4 is 46.2 Å². The van der Waals surface area contributed by atoms with Gasteiger partial charge in [-0.2, -0.15) is 5.10 Å². The minimum Gasteiger partial charge on any atom is -0.466 e. The summed E-state index contributed by atoms with van der Waals surface area (Å²) >= 11 is 8.38. The highest BCUT2D eigenvalue weighted by Crippen LogP contribution is 2.32. The number of aromatic nitrogens is 3. The van der Waals surface area contributed by atoms with Crippen LogP contribution in [0.1, 0.15) is 5.69 Å². The van der Waals surface area contributed by atoms with Gasteiger partial charge in [-0.05, 0) is 65.1 Å². The Morgan fingerprint density at radius 2 is 1.74 bits per heavy atom. The number of nitrogens with zero attached hydrogens (tertiary/aromatic N) is 3. The molecule has 4 aromatic rings. The maximum atomic E-state index is 12.5. The minimum absolute atomic E-state index is 0.383. The van der Waals surface area contributed by atoms with E-state index in [9.17, 15) is 4.79 Å². The molecule has 0 fully saturated rings. The Balaban J connectivity index is 1.87. The molecule has 5 nitrogen and oxygen atoms in total. The smallest absolute Gasteiger partial charge is 0.335 e. The fourth-order valence-electron chi connectivity index (χ4n) is 3.26. The Hall–Kier alpha value is -2.84. The first kappa shape index (κ1) is 21.4. The average molecular weight is 544 g/mol. The molecule has 0 aliphatic rings. The van der Waals surface area contributed by atoms with Gasteiger partial charge < -0.3 is 9.30 Å². The van der Waals surface area contributed by atoms with Crippen molar-refractivity contribution in [2.45, 2.75) is 6.54 Å². The Morgan fingerprint density at radius 1 is 1.06 bits per heavy atom. The first-order valence-electron chi connectivity index (χ1n) is 9.56. The van der Waals surface area contributed by atoms with Crippen LogP contribution >= 0.6 is 34.2 Å². The van der Waals surface area contributed by atoms with Crippen LogP contribution in [0.15, 0.2) is 84.7 Å². The topological polar surface area (TPSA) is 49.0 Å². The fraction of sp³-hybridized carbons (Fsp3) is 0.0833. The number of hydrogen-bond acceptors (Lipinski definition) is 3. The first-order valence-corrected chi connectivity index (χ1v) is 11.0. The number of rotatable bonds is 6. The van der Waals surface area contributed by atoms with Gasteiger partial charge in [-0.1, -0.05) is 41.9 Å². The molecule has 156 valence electrons. The molecular formula is C24H19ClIN3O2. The summed E-state index contributed by atoms with van der Waals surface area (Å²) in [6.45, 7) is 0.393. The molecule has 0 spiro atoms. The Kier molecular flexibility index (Phi) is 6.58. The molecule has 2 heterocycles. The van der Waals surface area contributed by atoms with Crippen LogP contribution in [0.5, 0.6) is 0 Å². The second-order valence-electron chi connectivity index (χ2n) is 6.82. The molecule has 2 aromatic heterocycles. The van der Waals surface area contributed by atoms with Crippen LogP contribution in [0.3, 0.4) is 0 Å². The summed E-state index contributed by atoms with van der Waals surface area (Å²) in [5.74, 6) is -0.383. The number of para-hydroxylation sites is 1. The second kappa shape index (κ2) is 9.53. The Morgan fingerprint density at radius 3 is 2.39 bits per heavy atom. The van der Waals surface area contributed by atoms with Gasteiger partial charge in [0.25, 0.3) is 0 Å². The van der Waals surface area contributed by atoms with E-state index in [0.717, 1.165) is 20.5 Å². The summed E-state index contributed by atoms with van der Waals surface area (Å²) in [7, 11) is 1.39. The average Bonchev–Trinajstić information content (AvgIpc) is 3.42. The fourth-order valence-corrected chi connectivity index (χ4v) is 4.19. The van der Waals surface area contributed by atoms with E-state index in [4.69, 9.17) is 21.4 Å². The van der Waals surface area contributed by atoms with Gasteiger partial charge in [-0.3, -0.25) is 0 Å². The van der Waals surface area contributed by atoms with Crippen LogP contribution < -0.4 is 0 Å². The van der Waals surface area contributed by atoms with E-state index in [1.54, 1.807) is 6.08 Å². The third-order valence-corrected chi connectivity index (χ3v) is 6.06. The zero-order valence-corrected chi connectivity index (χ0v) is 19.6. The Bertz CT molecular complexity index is 1210. The maximum Gasteiger partial charge on any atom is 0.335 e. The van der Waals surface area contributed by atoms with Crippen molar-refractivity contribution in [3.05, 3.63) is 99.0 Å². The van der Waals surface area contributed by atoms with Crippen molar-refractivity contribution in [2.24, 2.45) is 0 Å². The summed E-state index contributed by atoms with van der Waals surface area (Å²) in [4.78, 5) is 12.5. The van der Waals surface area contributed by atoms with E-state index in [1.807, 2.05) is 88.4 Å². The van der Waals surface area contributed by atoms with E-state index >= 15 is 0 Å². The van der Waals surface area contributed by atoms with Gasteiger partial charge in [0.1, 0.15) is 5.69 Å². The van der Waals surface area contributed by atoms with Crippen LogP contribution in [-0.4, -0.2) is 27.4 Å². The number of ether oxygens (including phenoxy) is 1. The van der Waals surface area contributed by atoms with E-state index in [0.29, 0.717) is 22.8 Å². The van der Waals surface area contributed by atoms with Crippen molar-refractivity contribution in [2.75, 3.05) is 7.11 Å². The molecule has 4 rings (SSSR count). The van der Waals surface area contributed by atoms with Crippen LogP contribution in [0.25, 0.3) is 23.0 Å². The normalized spacial score (nSPS) is 11.5. The highest BCUT2D eigenvalue weighted by atomic mass is 127. The molecule has 0 atom stereocenters. The van der Waals surface area contributed by atoms with E-state index < -0.39 is 0 Å². The molecule has 0 aliphatic heterocycles. The summed E-state index contributed by atoms with van der Waals surface area (Å²) in [6.07, 6.45) is 5.61. The van der Waals surface area contributed by atoms with Gasteiger partial charge in [0.15, 0.2) is 0 Å². The monoisotopic (exact) mass is 543 g/mol. The number of benzene rings is 2. The first-order chi connectivity index (χ1) is 15.1. The molecular weight excluding hydrogens is 525 g/mol. The van der Waals surface area contributed by atoms with Crippen LogP contribution in [0.2, 0.25) is 5.02 Å². The van der Waals surface area contributed by atoms with Crippen molar-refractivity contribution < 1.29 is 9.53 Å². The summed E-state index contributed by atoms with van der Waals surface area (Å²) in [5, 5.41) is 5.52. The maximum absolute atomic E-state index is 12.5.